The normalized spacial score (nSPS) is 15.0. The van der Waals surface area contributed by atoms with Crippen LogP contribution in [-0.4, -0.2) is 6.71 Å². The summed E-state index contributed by atoms with van der Waals surface area (Å²) in [7, 11) is 0. The molecule has 0 N–H and O–H groups in total. The molecule has 0 aliphatic carbocycles. The van der Waals surface area contributed by atoms with Gasteiger partial charge < -0.3 is 14.7 Å². The number of nitrogens with zero attached hydrogens (tertiary/aromatic N) is 3. The Labute approximate surface area is 305 Å². The molecule has 0 fully saturated rings. The van der Waals surface area contributed by atoms with E-state index in [-0.39, 0.29) is 6.71 Å². The SMILES string of the molecule is C1=CB2C(=C3C(=C4C=C(N(c5ccccc5)c5ccccc5)C=CN4c4ccc(N(c5ccccc5)c5ccccc5)cc43)c3ccccc32)C=C1. The zero-order valence-electron chi connectivity index (χ0n) is 28.5. The van der Waals surface area contributed by atoms with E-state index in [0.29, 0.717) is 0 Å². The predicted molar refractivity (Wildman–Crippen MR) is 220 cm³/mol. The number of allylic oxidation sites excluding steroid dienone is 8. The molecule has 6 aromatic rings. The van der Waals surface area contributed by atoms with Gasteiger partial charge in [-0.2, -0.15) is 0 Å². The third kappa shape index (κ3) is 4.91. The van der Waals surface area contributed by atoms with Gasteiger partial charge in [-0.3, -0.25) is 0 Å². The molecule has 52 heavy (non-hydrogen) atoms. The summed E-state index contributed by atoms with van der Waals surface area (Å²) in [6, 6.07) is 58.6. The highest BCUT2D eigenvalue weighted by atomic mass is 15.2. The minimum Gasteiger partial charge on any atom is -0.316 e. The van der Waals surface area contributed by atoms with Gasteiger partial charge in [-0.15, -0.1) is 5.98 Å². The van der Waals surface area contributed by atoms with E-state index in [1.54, 1.807) is 0 Å². The molecule has 3 nitrogen and oxygen atoms in total. The van der Waals surface area contributed by atoms with Gasteiger partial charge in [-0.1, -0.05) is 126 Å². The molecular formula is C48H34BN3. The van der Waals surface area contributed by atoms with Crippen LogP contribution in [0.1, 0.15) is 11.1 Å². The number of hydrogen-bond acceptors (Lipinski definition) is 3. The minimum atomic E-state index is 0.177. The average Bonchev–Trinajstić information content (AvgIpc) is 3.22. The Balaban J connectivity index is 1.23. The van der Waals surface area contributed by atoms with Crippen molar-refractivity contribution in [1.82, 2.24) is 0 Å². The number of hydrogen-bond donors (Lipinski definition) is 0. The van der Waals surface area contributed by atoms with Crippen LogP contribution in [-0.2, 0) is 0 Å². The van der Waals surface area contributed by atoms with Crippen molar-refractivity contribution in [2.75, 3.05) is 14.7 Å². The molecule has 244 valence electrons. The number of para-hydroxylation sites is 4. The van der Waals surface area contributed by atoms with Gasteiger partial charge >= 0.3 is 0 Å². The lowest BCUT2D eigenvalue weighted by atomic mass is 9.35. The Morgan fingerprint density at radius 1 is 0.462 bits per heavy atom. The van der Waals surface area contributed by atoms with Gasteiger partial charge in [0.2, 0.25) is 6.71 Å². The highest BCUT2D eigenvalue weighted by Gasteiger charge is 2.39. The minimum absolute atomic E-state index is 0.177. The van der Waals surface area contributed by atoms with Crippen molar-refractivity contribution in [3.8, 4) is 0 Å². The van der Waals surface area contributed by atoms with Gasteiger partial charge in [0.1, 0.15) is 0 Å². The van der Waals surface area contributed by atoms with E-state index in [9.17, 15) is 0 Å². The second-order valence-corrected chi connectivity index (χ2v) is 13.4. The highest BCUT2D eigenvalue weighted by molar-refractivity contribution is 6.88. The monoisotopic (exact) mass is 663 g/mol. The molecule has 0 saturated heterocycles. The Hall–Kier alpha value is -6.78. The van der Waals surface area contributed by atoms with Gasteiger partial charge in [0, 0.05) is 51.5 Å². The first-order chi connectivity index (χ1) is 25.8. The summed E-state index contributed by atoms with van der Waals surface area (Å²) < 4.78 is 0. The van der Waals surface area contributed by atoms with Crippen LogP contribution in [0.3, 0.4) is 0 Å². The summed E-state index contributed by atoms with van der Waals surface area (Å²) in [5, 5.41) is 0. The van der Waals surface area contributed by atoms with Crippen molar-refractivity contribution in [1.29, 1.82) is 0 Å². The molecule has 0 radical (unpaired) electrons. The molecule has 4 heterocycles. The Morgan fingerprint density at radius 3 is 1.67 bits per heavy atom. The van der Waals surface area contributed by atoms with Crippen molar-refractivity contribution < 1.29 is 0 Å². The molecule has 10 rings (SSSR count). The molecule has 0 atom stereocenters. The summed E-state index contributed by atoms with van der Waals surface area (Å²) in [5.74, 6) is 2.35. The number of anilines is 6. The number of benzene rings is 6. The zero-order valence-corrected chi connectivity index (χ0v) is 28.5. The van der Waals surface area contributed by atoms with Crippen LogP contribution in [0.4, 0.5) is 34.1 Å². The Bertz CT molecular complexity index is 2430. The lowest BCUT2D eigenvalue weighted by Gasteiger charge is -2.41. The smallest absolute Gasteiger partial charge is 0.235 e. The van der Waals surface area contributed by atoms with Crippen LogP contribution < -0.4 is 20.2 Å². The van der Waals surface area contributed by atoms with Crippen LogP contribution in [0.25, 0.3) is 11.1 Å². The van der Waals surface area contributed by atoms with E-state index in [0.717, 1.165) is 34.1 Å². The fourth-order valence-corrected chi connectivity index (χ4v) is 8.19. The third-order valence-corrected chi connectivity index (χ3v) is 10.4. The van der Waals surface area contributed by atoms with E-state index in [2.05, 4.69) is 221 Å². The van der Waals surface area contributed by atoms with Gasteiger partial charge in [0.25, 0.3) is 0 Å². The average molecular weight is 664 g/mol. The van der Waals surface area contributed by atoms with Crippen LogP contribution in [0.15, 0.2) is 223 Å². The van der Waals surface area contributed by atoms with Crippen molar-refractivity contribution in [2.45, 2.75) is 0 Å². The maximum absolute atomic E-state index is 2.40. The summed E-state index contributed by atoms with van der Waals surface area (Å²) in [6.45, 7) is 0.177. The summed E-state index contributed by atoms with van der Waals surface area (Å²) in [5.41, 5.74) is 16.8. The van der Waals surface area contributed by atoms with Gasteiger partial charge in [0.05, 0.1) is 11.4 Å². The highest BCUT2D eigenvalue weighted by Crippen LogP contribution is 2.52. The summed E-state index contributed by atoms with van der Waals surface area (Å²) in [4.78, 5) is 7.10. The van der Waals surface area contributed by atoms with E-state index >= 15 is 0 Å². The molecular weight excluding hydrogens is 629 g/mol. The molecule has 0 spiro atoms. The first-order valence-electron chi connectivity index (χ1n) is 17.9. The van der Waals surface area contributed by atoms with Crippen LogP contribution in [0.2, 0.25) is 0 Å². The summed E-state index contributed by atoms with van der Waals surface area (Å²) >= 11 is 0. The first-order valence-corrected chi connectivity index (χ1v) is 17.9. The Kier molecular flexibility index (Phi) is 7.25. The zero-order chi connectivity index (χ0) is 34.4. The van der Waals surface area contributed by atoms with Crippen molar-refractivity contribution in [3.63, 3.8) is 0 Å². The molecule has 6 aromatic carbocycles. The van der Waals surface area contributed by atoms with E-state index in [4.69, 9.17) is 0 Å². The van der Waals surface area contributed by atoms with Gasteiger partial charge in [-0.05, 0) is 90.0 Å². The van der Waals surface area contributed by atoms with Crippen LogP contribution in [0.5, 0.6) is 0 Å². The number of fused-ring (bicyclic) bond motifs is 9. The number of rotatable bonds is 6. The third-order valence-electron chi connectivity index (χ3n) is 10.4. The Morgan fingerprint density at radius 2 is 1.04 bits per heavy atom. The lowest BCUT2D eigenvalue weighted by molar-refractivity contribution is 1.11. The second kappa shape index (κ2) is 12.5. The van der Waals surface area contributed by atoms with Crippen molar-refractivity contribution in [2.24, 2.45) is 0 Å². The lowest BCUT2D eigenvalue weighted by Crippen LogP contribution is -2.40. The first kappa shape index (κ1) is 30.1. The maximum Gasteiger partial charge on any atom is 0.235 e. The van der Waals surface area contributed by atoms with Crippen molar-refractivity contribution in [3.05, 3.63) is 234 Å². The van der Waals surface area contributed by atoms with Crippen molar-refractivity contribution >= 4 is 57.4 Å². The molecule has 4 aliphatic rings. The molecule has 0 amide bonds. The van der Waals surface area contributed by atoms with E-state index in [1.807, 2.05) is 0 Å². The quantitative estimate of drug-likeness (QED) is 0.164. The van der Waals surface area contributed by atoms with E-state index in [1.165, 1.54) is 44.6 Å². The molecule has 0 aromatic heterocycles. The second-order valence-electron chi connectivity index (χ2n) is 13.4. The van der Waals surface area contributed by atoms with Gasteiger partial charge in [0.15, 0.2) is 0 Å². The molecule has 4 heteroatoms. The summed E-state index contributed by atoms with van der Waals surface area (Å²) in [6.07, 6.45) is 13.6. The predicted octanol–water partition coefficient (Wildman–Crippen LogP) is 11.3. The van der Waals surface area contributed by atoms with E-state index < -0.39 is 0 Å². The fourth-order valence-electron chi connectivity index (χ4n) is 8.19. The largest absolute Gasteiger partial charge is 0.316 e. The van der Waals surface area contributed by atoms with Crippen LogP contribution >= 0.6 is 0 Å². The maximum atomic E-state index is 2.40. The topological polar surface area (TPSA) is 9.72 Å². The standard InChI is InChI=1S/C48H34BN3/c1-5-17-35(18-6-1)51(36-19-7-2-8-20-36)39-28-29-45-42(33-39)47-44-27-15-16-31-49(44)43-26-14-13-25-41(43)48(47)46-34-40(30-32-50(45)46)52(37-21-9-3-10-22-37)38-23-11-4-12-24-38/h1-34H. The van der Waals surface area contributed by atoms with Crippen LogP contribution in [0, 0.1) is 0 Å². The molecule has 0 saturated carbocycles. The fraction of sp³-hybridized carbons (Fsp3) is 0. The molecule has 0 bridgehead atoms. The molecule has 0 unspecified atom stereocenters. The molecule has 4 aliphatic heterocycles. The van der Waals surface area contributed by atoms with Gasteiger partial charge in [-0.25, -0.2) is 0 Å².